The fraction of sp³-hybridized carbons (Fsp3) is 0.286. The van der Waals surface area contributed by atoms with Gasteiger partial charge in [-0.2, -0.15) is 0 Å². The predicted molar refractivity (Wildman–Crippen MR) is 72.7 cm³/mol. The number of halogens is 1. The van der Waals surface area contributed by atoms with Crippen LogP contribution in [0.5, 0.6) is 0 Å². The van der Waals surface area contributed by atoms with Crippen LogP contribution in [-0.4, -0.2) is 22.6 Å². The molecule has 0 fully saturated rings. The van der Waals surface area contributed by atoms with E-state index in [9.17, 15) is 9.18 Å². The van der Waals surface area contributed by atoms with E-state index in [0.29, 0.717) is 11.4 Å². The van der Waals surface area contributed by atoms with Gasteiger partial charge in [-0.15, -0.1) is 0 Å². The molecule has 1 unspecified atom stereocenters. The van der Waals surface area contributed by atoms with Crippen molar-refractivity contribution in [2.45, 2.75) is 13.0 Å². The lowest BCUT2D eigenvalue weighted by molar-refractivity contribution is -0.141. The maximum Gasteiger partial charge on any atom is 0.334 e. The smallest absolute Gasteiger partial charge is 0.334 e. The van der Waals surface area contributed by atoms with Gasteiger partial charge < -0.3 is 14.6 Å². The van der Waals surface area contributed by atoms with Gasteiger partial charge in [-0.3, -0.25) is 0 Å². The second-order valence-electron chi connectivity index (χ2n) is 4.55. The quantitative estimate of drug-likeness (QED) is 0.870. The second kappa shape index (κ2) is 5.73. The highest BCUT2D eigenvalue weighted by Gasteiger charge is 2.24. The number of esters is 1. The van der Waals surface area contributed by atoms with E-state index in [-0.39, 0.29) is 5.82 Å². The Kier molecular flexibility index (Phi) is 4.02. The molecule has 1 aromatic heterocycles. The number of imidazole rings is 1. The van der Waals surface area contributed by atoms with Crippen LogP contribution in [-0.2, 0) is 16.6 Å². The normalized spacial score (nSPS) is 12.0. The molecule has 1 aromatic carbocycles. The van der Waals surface area contributed by atoms with Crippen LogP contribution in [0.15, 0.2) is 30.7 Å². The summed E-state index contributed by atoms with van der Waals surface area (Å²) in [6.45, 7) is 1.78. The van der Waals surface area contributed by atoms with E-state index < -0.39 is 12.0 Å². The van der Waals surface area contributed by atoms with Gasteiger partial charge in [0.1, 0.15) is 5.82 Å². The number of benzene rings is 1. The third-order valence-electron chi connectivity index (χ3n) is 2.94. The first-order valence-electron chi connectivity index (χ1n) is 6.09. The average molecular weight is 277 g/mol. The molecule has 0 bridgehead atoms. The minimum absolute atomic E-state index is 0.360. The van der Waals surface area contributed by atoms with Crippen molar-refractivity contribution in [3.63, 3.8) is 0 Å². The lowest BCUT2D eigenvalue weighted by atomic mass is 10.1. The van der Waals surface area contributed by atoms with Gasteiger partial charge >= 0.3 is 5.97 Å². The summed E-state index contributed by atoms with van der Waals surface area (Å²) in [4.78, 5) is 15.9. The molecule has 0 saturated heterocycles. The third kappa shape index (κ3) is 2.96. The monoisotopic (exact) mass is 277 g/mol. The van der Waals surface area contributed by atoms with E-state index in [2.05, 4.69) is 10.3 Å². The molecule has 2 rings (SSSR count). The molecule has 0 saturated carbocycles. The van der Waals surface area contributed by atoms with Crippen molar-refractivity contribution in [3.8, 4) is 0 Å². The number of hydrogen-bond acceptors (Lipinski definition) is 4. The van der Waals surface area contributed by atoms with E-state index in [1.54, 1.807) is 37.1 Å². The van der Waals surface area contributed by atoms with Gasteiger partial charge in [0.15, 0.2) is 6.04 Å². The van der Waals surface area contributed by atoms with Gasteiger partial charge in [0.25, 0.3) is 0 Å². The highest BCUT2D eigenvalue weighted by molar-refractivity contribution is 5.80. The van der Waals surface area contributed by atoms with Gasteiger partial charge in [-0.1, -0.05) is 0 Å². The summed E-state index contributed by atoms with van der Waals surface area (Å²) in [5.74, 6) is -0.823. The summed E-state index contributed by atoms with van der Waals surface area (Å²) in [5, 5.41) is 2.98. The number of aromatic nitrogens is 2. The van der Waals surface area contributed by atoms with Crippen LogP contribution in [0.25, 0.3) is 0 Å². The van der Waals surface area contributed by atoms with Crippen molar-refractivity contribution in [2.75, 3.05) is 12.4 Å². The van der Waals surface area contributed by atoms with E-state index in [1.807, 2.05) is 0 Å². The Balaban J connectivity index is 2.33. The van der Waals surface area contributed by atoms with E-state index in [1.165, 1.54) is 19.2 Å². The van der Waals surface area contributed by atoms with Gasteiger partial charge in [0, 0.05) is 12.7 Å². The fourth-order valence-electron chi connectivity index (χ4n) is 2.00. The molecule has 1 N–H and O–H groups in total. The summed E-state index contributed by atoms with van der Waals surface area (Å²) in [5.41, 5.74) is 1.92. The van der Waals surface area contributed by atoms with Crippen LogP contribution in [0.4, 0.5) is 10.1 Å². The molecule has 1 heterocycles. The number of carbonyl (C=O) groups is 1. The van der Waals surface area contributed by atoms with Crippen LogP contribution < -0.4 is 5.32 Å². The average Bonchev–Trinajstić information content (AvgIpc) is 2.80. The van der Waals surface area contributed by atoms with E-state index in [0.717, 1.165) is 5.56 Å². The molecule has 2 aromatic rings. The third-order valence-corrected chi connectivity index (χ3v) is 2.94. The Hall–Kier alpha value is -2.37. The first-order chi connectivity index (χ1) is 9.51. The first-order valence-corrected chi connectivity index (χ1v) is 6.09. The van der Waals surface area contributed by atoms with Gasteiger partial charge in [0.2, 0.25) is 0 Å². The summed E-state index contributed by atoms with van der Waals surface area (Å²) >= 11 is 0. The Morgan fingerprint density at radius 2 is 2.20 bits per heavy atom. The molecule has 5 nitrogen and oxygen atoms in total. The maximum absolute atomic E-state index is 13.4. The number of anilines is 1. The second-order valence-corrected chi connectivity index (χ2v) is 4.55. The number of carbonyl (C=O) groups excluding carboxylic acids is 1. The molecule has 1 atom stereocenters. The lowest BCUT2D eigenvalue weighted by Gasteiger charge is -2.18. The van der Waals surface area contributed by atoms with Gasteiger partial charge in [0.05, 0.1) is 25.3 Å². The number of nitrogens with zero attached hydrogens (tertiary/aromatic N) is 2. The van der Waals surface area contributed by atoms with E-state index >= 15 is 0 Å². The molecular formula is C14H16FN3O2. The van der Waals surface area contributed by atoms with Crippen LogP contribution in [0.3, 0.4) is 0 Å². The van der Waals surface area contributed by atoms with Crippen LogP contribution in [0.1, 0.15) is 17.3 Å². The molecule has 0 amide bonds. The van der Waals surface area contributed by atoms with Crippen LogP contribution >= 0.6 is 0 Å². The number of hydrogen-bond donors (Lipinski definition) is 1. The maximum atomic E-state index is 13.4. The molecule has 0 aliphatic carbocycles. The molecule has 0 spiro atoms. The zero-order chi connectivity index (χ0) is 14.7. The zero-order valence-corrected chi connectivity index (χ0v) is 11.6. The fourth-order valence-corrected chi connectivity index (χ4v) is 2.00. The van der Waals surface area contributed by atoms with Gasteiger partial charge in [-0.05, 0) is 30.7 Å². The number of rotatable bonds is 4. The largest absolute Gasteiger partial charge is 0.467 e. The van der Waals surface area contributed by atoms with Crippen molar-refractivity contribution in [3.05, 3.63) is 47.8 Å². The van der Waals surface area contributed by atoms with Crippen molar-refractivity contribution in [1.82, 2.24) is 9.55 Å². The van der Waals surface area contributed by atoms with Crippen molar-refractivity contribution in [1.29, 1.82) is 0 Å². The van der Waals surface area contributed by atoms with Crippen molar-refractivity contribution < 1.29 is 13.9 Å². The summed E-state index contributed by atoms with van der Waals surface area (Å²) in [6.07, 6.45) is 3.16. The van der Waals surface area contributed by atoms with Gasteiger partial charge in [-0.25, -0.2) is 14.2 Å². The first kappa shape index (κ1) is 14.0. The van der Waals surface area contributed by atoms with Crippen LogP contribution in [0.2, 0.25) is 0 Å². The van der Waals surface area contributed by atoms with Crippen molar-refractivity contribution in [2.24, 2.45) is 7.05 Å². The Bertz CT molecular complexity index is 604. The minimum Gasteiger partial charge on any atom is -0.467 e. The predicted octanol–water partition coefficient (Wildman–Crippen LogP) is 2.19. The van der Waals surface area contributed by atoms with Crippen LogP contribution in [0, 0.1) is 12.7 Å². The zero-order valence-electron chi connectivity index (χ0n) is 11.6. The highest BCUT2D eigenvalue weighted by Crippen LogP contribution is 2.22. The number of aryl methyl sites for hydroxylation is 2. The lowest BCUT2D eigenvalue weighted by Crippen LogP contribution is -2.24. The summed E-state index contributed by atoms with van der Waals surface area (Å²) < 4.78 is 19.9. The highest BCUT2D eigenvalue weighted by atomic mass is 19.1. The molecule has 0 radical (unpaired) electrons. The molecule has 20 heavy (non-hydrogen) atoms. The molecule has 0 aliphatic heterocycles. The van der Waals surface area contributed by atoms with E-state index in [4.69, 9.17) is 4.74 Å². The topological polar surface area (TPSA) is 56.1 Å². The Morgan fingerprint density at radius 3 is 2.75 bits per heavy atom. The summed E-state index contributed by atoms with van der Waals surface area (Å²) in [6, 6.07) is 3.77. The molecule has 106 valence electrons. The van der Waals surface area contributed by atoms with Crippen molar-refractivity contribution >= 4 is 11.7 Å². The molecular weight excluding hydrogens is 261 g/mol. The molecule has 6 heteroatoms. The Morgan fingerprint density at radius 1 is 1.45 bits per heavy atom. The summed E-state index contributed by atoms with van der Waals surface area (Å²) in [7, 11) is 3.08. The minimum atomic E-state index is -0.742. The number of ether oxygens (including phenoxy) is 1. The SMILES string of the molecule is COC(=O)C(Nc1cc(C)cc(F)c1)c1cncn1C. The Labute approximate surface area is 116 Å². The standard InChI is InChI=1S/C14H16FN3O2/c1-9-4-10(15)6-11(5-9)17-13(14(19)20-3)12-7-16-8-18(12)2/h4-8,13,17H,1-3H3. The number of methoxy groups -OCH3 is 1. The number of nitrogens with one attached hydrogen (secondary N) is 1. The molecule has 0 aliphatic rings.